The van der Waals surface area contributed by atoms with Crippen LogP contribution < -0.4 is 0 Å². The molecule has 0 radical (unpaired) electrons. The highest BCUT2D eigenvalue weighted by Gasteiger charge is 2.27. The molecule has 0 N–H and O–H groups in total. The van der Waals surface area contributed by atoms with Crippen molar-refractivity contribution in [2.75, 3.05) is 13.7 Å². The predicted molar refractivity (Wildman–Crippen MR) is 66.9 cm³/mol. The summed E-state index contributed by atoms with van der Waals surface area (Å²) in [7, 11) is 1.40. The van der Waals surface area contributed by atoms with E-state index in [1.54, 1.807) is 0 Å². The number of esters is 1. The van der Waals surface area contributed by atoms with Crippen molar-refractivity contribution in [3.63, 3.8) is 0 Å². The van der Waals surface area contributed by atoms with Gasteiger partial charge in [0.25, 0.3) is 0 Å². The maximum absolute atomic E-state index is 11.3. The number of nitrogens with zero attached hydrogens (tertiary/aromatic N) is 1. The standard InChI is InChI=1S/C14H19NO2/c1-3-15(13-8-9-13)10-11-4-6-12(7-5-11)14(16)17-2/h4-7,13H,3,8-10H2,1-2H3. The van der Waals surface area contributed by atoms with Crippen molar-refractivity contribution in [2.45, 2.75) is 32.4 Å². The smallest absolute Gasteiger partial charge is 0.337 e. The van der Waals surface area contributed by atoms with E-state index >= 15 is 0 Å². The molecule has 1 aromatic rings. The van der Waals surface area contributed by atoms with Crippen LogP contribution in [0.2, 0.25) is 0 Å². The molecule has 3 heteroatoms. The number of benzene rings is 1. The zero-order valence-corrected chi connectivity index (χ0v) is 10.5. The minimum atomic E-state index is -0.272. The molecule has 1 aliphatic carbocycles. The van der Waals surface area contributed by atoms with Gasteiger partial charge in [-0.15, -0.1) is 0 Å². The van der Waals surface area contributed by atoms with E-state index < -0.39 is 0 Å². The monoisotopic (exact) mass is 233 g/mol. The Kier molecular flexibility index (Phi) is 3.79. The maximum Gasteiger partial charge on any atom is 0.337 e. The molecule has 1 aromatic carbocycles. The summed E-state index contributed by atoms with van der Waals surface area (Å²) in [6.45, 7) is 4.26. The Balaban J connectivity index is 1.99. The van der Waals surface area contributed by atoms with Gasteiger partial charge in [-0.1, -0.05) is 19.1 Å². The van der Waals surface area contributed by atoms with Crippen molar-refractivity contribution < 1.29 is 9.53 Å². The van der Waals surface area contributed by atoms with Crippen LogP contribution in [0.4, 0.5) is 0 Å². The van der Waals surface area contributed by atoms with Gasteiger partial charge >= 0.3 is 5.97 Å². The molecule has 0 saturated heterocycles. The second kappa shape index (κ2) is 5.32. The van der Waals surface area contributed by atoms with Crippen LogP contribution >= 0.6 is 0 Å². The van der Waals surface area contributed by atoms with Crippen molar-refractivity contribution in [1.29, 1.82) is 0 Å². The summed E-state index contributed by atoms with van der Waals surface area (Å²) in [4.78, 5) is 13.8. The minimum absolute atomic E-state index is 0.272. The molecule has 1 fully saturated rings. The Morgan fingerprint density at radius 1 is 1.35 bits per heavy atom. The van der Waals surface area contributed by atoms with Crippen LogP contribution in [-0.4, -0.2) is 30.6 Å². The zero-order valence-electron chi connectivity index (χ0n) is 10.5. The Labute approximate surface area is 102 Å². The molecule has 0 aromatic heterocycles. The van der Waals surface area contributed by atoms with Crippen molar-refractivity contribution in [3.8, 4) is 0 Å². The van der Waals surface area contributed by atoms with E-state index in [-0.39, 0.29) is 5.97 Å². The molecule has 0 atom stereocenters. The molecule has 3 nitrogen and oxygen atoms in total. The van der Waals surface area contributed by atoms with E-state index in [0.717, 1.165) is 19.1 Å². The van der Waals surface area contributed by atoms with Gasteiger partial charge in [0.2, 0.25) is 0 Å². The topological polar surface area (TPSA) is 29.5 Å². The number of hydrogen-bond acceptors (Lipinski definition) is 3. The Morgan fingerprint density at radius 2 is 2.00 bits per heavy atom. The molecule has 17 heavy (non-hydrogen) atoms. The van der Waals surface area contributed by atoms with Crippen LogP contribution in [0.3, 0.4) is 0 Å². The molecule has 0 aliphatic heterocycles. The lowest BCUT2D eigenvalue weighted by Gasteiger charge is -2.19. The van der Waals surface area contributed by atoms with Crippen LogP contribution in [0.15, 0.2) is 24.3 Å². The molecule has 0 amide bonds. The molecular formula is C14H19NO2. The maximum atomic E-state index is 11.3. The lowest BCUT2D eigenvalue weighted by atomic mass is 10.1. The van der Waals surface area contributed by atoms with E-state index in [1.165, 1.54) is 25.5 Å². The summed E-state index contributed by atoms with van der Waals surface area (Å²) in [5, 5.41) is 0. The third kappa shape index (κ3) is 3.07. The van der Waals surface area contributed by atoms with Crippen LogP contribution in [0.5, 0.6) is 0 Å². The van der Waals surface area contributed by atoms with Gasteiger partial charge in [-0.25, -0.2) is 4.79 Å². The van der Waals surface area contributed by atoms with Gasteiger partial charge < -0.3 is 4.74 Å². The first-order chi connectivity index (χ1) is 8.24. The fraction of sp³-hybridized carbons (Fsp3) is 0.500. The van der Waals surface area contributed by atoms with Crippen molar-refractivity contribution in [3.05, 3.63) is 35.4 Å². The number of carbonyl (C=O) groups excluding carboxylic acids is 1. The molecule has 92 valence electrons. The molecular weight excluding hydrogens is 214 g/mol. The Morgan fingerprint density at radius 3 is 2.47 bits per heavy atom. The summed E-state index contributed by atoms with van der Waals surface area (Å²) in [5.41, 5.74) is 1.87. The third-order valence-electron chi connectivity index (χ3n) is 3.23. The average Bonchev–Trinajstić information content (AvgIpc) is 3.20. The molecule has 0 bridgehead atoms. The van der Waals surface area contributed by atoms with E-state index in [9.17, 15) is 4.79 Å². The normalized spacial score (nSPS) is 15.0. The highest BCUT2D eigenvalue weighted by Crippen LogP contribution is 2.27. The quantitative estimate of drug-likeness (QED) is 0.732. The first-order valence-corrected chi connectivity index (χ1v) is 6.16. The van der Waals surface area contributed by atoms with Gasteiger partial charge in [0.1, 0.15) is 0 Å². The summed E-state index contributed by atoms with van der Waals surface area (Å²) < 4.78 is 4.68. The molecule has 0 unspecified atom stereocenters. The molecule has 0 spiro atoms. The first kappa shape index (κ1) is 12.1. The zero-order chi connectivity index (χ0) is 12.3. The SMILES string of the molecule is CCN(Cc1ccc(C(=O)OC)cc1)C1CC1. The number of rotatable bonds is 5. The molecule has 1 aliphatic rings. The second-order valence-electron chi connectivity index (χ2n) is 4.48. The van der Waals surface area contributed by atoms with Gasteiger partial charge in [-0.05, 0) is 37.1 Å². The lowest BCUT2D eigenvalue weighted by molar-refractivity contribution is 0.0600. The first-order valence-electron chi connectivity index (χ1n) is 6.16. The largest absolute Gasteiger partial charge is 0.465 e. The number of methoxy groups -OCH3 is 1. The van der Waals surface area contributed by atoms with Gasteiger partial charge in [0, 0.05) is 12.6 Å². The van der Waals surface area contributed by atoms with Crippen molar-refractivity contribution in [2.24, 2.45) is 0 Å². The average molecular weight is 233 g/mol. The molecule has 1 saturated carbocycles. The second-order valence-corrected chi connectivity index (χ2v) is 4.48. The van der Waals surface area contributed by atoms with Crippen LogP contribution in [0.1, 0.15) is 35.7 Å². The van der Waals surface area contributed by atoms with Crippen molar-refractivity contribution in [1.82, 2.24) is 4.90 Å². The number of carbonyl (C=O) groups is 1. The van der Waals surface area contributed by atoms with Crippen molar-refractivity contribution >= 4 is 5.97 Å². The summed E-state index contributed by atoms with van der Waals surface area (Å²) in [5.74, 6) is -0.272. The highest BCUT2D eigenvalue weighted by atomic mass is 16.5. The van der Waals surface area contributed by atoms with E-state index in [0.29, 0.717) is 5.56 Å². The molecule has 0 heterocycles. The lowest BCUT2D eigenvalue weighted by Crippen LogP contribution is -2.24. The highest BCUT2D eigenvalue weighted by molar-refractivity contribution is 5.89. The third-order valence-corrected chi connectivity index (χ3v) is 3.23. The van der Waals surface area contributed by atoms with Gasteiger partial charge in [0.05, 0.1) is 12.7 Å². The van der Waals surface area contributed by atoms with Gasteiger partial charge in [-0.2, -0.15) is 0 Å². The fourth-order valence-corrected chi connectivity index (χ4v) is 2.04. The summed E-state index contributed by atoms with van der Waals surface area (Å²) >= 11 is 0. The van der Waals surface area contributed by atoms with E-state index in [4.69, 9.17) is 0 Å². The van der Waals surface area contributed by atoms with E-state index in [1.807, 2.05) is 24.3 Å². The Bertz CT molecular complexity index is 382. The summed E-state index contributed by atoms with van der Waals surface area (Å²) in [6, 6.07) is 8.47. The van der Waals surface area contributed by atoms with Crippen LogP contribution in [0.25, 0.3) is 0 Å². The summed E-state index contributed by atoms with van der Waals surface area (Å²) in [6.07, 6.45) is 2.65. The van der Waals surface area contributed by atoms with Gasteiger partial charge in [-0.3, -0.25) is 4.90 Å². The molecule has 2 rings (SSSR count). The minimum Gasteiger partial charge on any atom is -0.465 e. The van der Waals surface area contributed by atoms with Crippen LogP contribution in [-0.2, 0) is 11.3 Å². The number of ether oxygens (including phenoxy) is 1. The van der Waals surface area contributed by atoms with Gasteiger partial charge in [0.15, 0.2) is 0 Å². The van der Waals surface area contributed by atoms with Crippen LogP contribution in [0, 0.1) is 0 Å². The predicted octanol–water partition coefficient (Wildman–Crippen LogP) is 2.46. The van der Waals surface area contributed by atoms with E-state index in [2.05, 4.69) is 16.6 Å². The fourth-order valence-electron chi connectivity index (χ4n) is 2.04. The Hall–Kier alpha value is -1.35. The number of hydrogen-bond donors (Lipinski definition) is 0.